The molecule has 2 aromatic carbocycles. The Hall–Kier alpha value is -2.00. The molecule has 4 fully saturated rings. The van der Waals surface area contributed by atoms with Gasteiger partial charge in [-0.05, 0) is 100 Å². The summed E-state index contributed by atoms with van der Waals surface area (Å²) in [7, 11) is 4.20. The van der Waals surface area contributed by atoms with Crippen LogP contribution in [0.5, 0.6) is 11.5 Å². The summed E-state index contributed by atoms with van der Waals surface area (Å²) >= 11 is 0. The molecule has 180 valence electrons. The summed E-state index contributed by atoms with van der Waals surface area (Å²) < 4.78 is 13.0. The smallest absolute Gasteiger partial charge is 0.165 e. The molecule has 3 heteroatoms. The van der Waals surface area contributed by atoms with Crippen molar-refractivity contribution in [3.05, 3.63) is 58.7 Å². The number of methoxy groups -OCH3 is 1. The minimum atomic E-state index is 0.183. The third-order valence-corrected chi connectivity index (χ3v) is 11.3. The maximum atomic E-state index is 7.13. The molecule has 3 saturated carbocycles. The van der Waals surface area contributed by atoms with Gasteiger partial charge in [0.2, 0.25) is 0 Å². The third kappa shape index (κ3) is 2.43. The van der Waals surface area contributed by atoms with Crippen LogP contribution < -0.4 is 9.47 Å². The van der Waals surface area contributed by atoms with Gasteiger partial charge in [0.15, 0.2) is 11.5 Å². The highest BCUT2D eigenvalue weighted by molar-refractivity contribution is 5.63. The maximum absolute atomic E-state index is 7.13. The van der Waals surface area contributed by atoms with Gasteiger partial charge in [-0.3, -0.25) is 0 Å². The van der Waals surface area contributed by atoms with Crippen molar-refractivity contribution in [2.24, 2.45) is 16.7 Å². The largest absolute Gasteiger partial charge is 0.493 e. The number of rotatable bonds is 5. The van der Waals surface area contributed by atoms with Crippen LogP contribution in [0.25, 0.3) is 0 Å². The number of piperidine rings is 1. The first-order valence-corrected chi connectivity index (χ1v) is 13.6. The summed E-state index contributed by atoms with van der Waals surface area (Å²) in [5.74, 6) is 2.79. The Morgan fingerprint density at radius 2 is 1.91 bits per heavy atom. The van der Waals surface area contributed by atoms with Crippen LogP contribution in [0.15, 0.2) is 36.4 Å². The van der Waals surface area contributed by atoms with Crippen LogP contribution in [-0.4, -0.2) is 37.7 Å². The number of aryl methyl sites for hydroxylation is 2. The fourth-order valence-corrected chi connectivity index (χ4v) is 9.65. The molecule has 0 N–H and O–H groups in total. The molecule has 2 heterocycles. The van der Waals surface area contributed by atoms with Gasteiger partial charge in [-0.2, -0.15) is 0 Å². The standard InChI is InChI=1S/C31H39NO2/c1-20-8-10-21(11-9-20)6-5-7-23-19-30-15-14-29(23,2)28-31(30)16-17-32(3)25(30)18-22-12-13-24(33-4)27(34-28)26(22)31/h8-13,23,25,28H,5-7,14-19H2,1-4H3/t23-,25?,28-,29-,30+,31-/m0/s1. The van der Waals surface area contributed by atoms with E-state index < -0.39 is 0 Å². The predicted molar refractivity (Wildman–Crippen MR) is 136 cm³/mol. The highest BCUT2D eigenvalue weighted by Crippen LogP contribution is 2.78. The van der Waals surface area contributed by atoms with E-state index in [1.807, 2.05) is 7.11 Å². The van der Waals surface area contributed by atoms with Gasteiger partial charge < -0.3 is 14.4 Å². The van der Waals surface area contributed by atoms with Crippen LogP contribution in [0.4, 0.5) is 0 Å². The average molecular weight is 458 g/mol. The third-order valence-electron chi connectivity index (χ3n) is 11.3. The number of hydrogen-bond acceptors (Lipinski definition) is 3. The lowest BCUT2D eigenvalue weighted by Crippen LogP contribution is -2.77. The van der Waals surface area contributed by atoms with Crippen molar-refractivity contribution in [2.75, 3.05) is 20.7 Å². The molecule has 4 aliphatic carbocycles. The van der Waals surface area contributed by atoms with E-state index in [2.05, 4.69) is 62.2 Å². The summed E-state index contributed by atoms with van der Waals surface area (Å²) in [6.07, 6.45) is 10.6. The topological polar surface area (TPSA) is 21.7 Å². The van der Waals surface area contributed by atoms with Crippen LogP contribution >= 0.6 is 0 Å². The molecule has 0 radical (unpaired) electrons. The molecule has 0 aromatic heterocycles. The van der Waals surface area contributed by atoms with E-state index in [9.17, 15) is 0 Å². The van der Waals surface area contributed by atoms with Crippen molar-refractivity contribution in [1.29, 1.82) is 0 Å². The van der Waals surface area contributed by atoms with Crippen LogP contribution in [0.1, 0.15) is 67.7 Å². The second kappa shape index (κ2) is 7.03. The lowest BCUT2D eigenvalue weighted by molar-refractivity contribution is -0.232. The minimum Gasteiger partial charge on any atom is -0.493 e. The zero-order valence-electron chi connectivity index (χ0n) is 21.3. The number of hydrogen-bond donors (Lipinski definition) is 0. The molecule has 0 amide bonds. The van der Waals surface area contributed by atoms with Crippen LogP contribution in [0.3, 0.4) is 0 Å². The zero-order valence-corrected chi connectivity index (χ0v) is 21.3. The molecule has 2 spiro atoms. The number of nitrogens with zero attached hydrogens (tertiary/aromatic N) is 1. The molecule has 8 rings (SSSR count). The number of benzene rings is 2. The highest BCUT2D eigenvalue weighted by atomic mass is 16.5. The molecule has 1 saturated heterocycles. The molecule has 34 heavy (non-hydrogen) atoms. The first-order valence-electron chi connectivity index (χ1n) is 13.6. The van der Waals surface area contributed by atoms with Crippen molar-refractivity contribution < 1.29 is 9.47 Å². The Balaban J connectivity index is 1.28. The van der Waals surface area contributed by atoms with Gasteiger partial charge in [-0.15, -0.1) is 0 Å². The number of likely N-dealkylation sites (tertiary alicyclic amines) is 1. The molecule has 6 atom stereocenters. The monoisotopic (exact) mass is 457 g/mol. The Morgan fingerprint density at radius 1 is 1.09 bits per heavy atom. The van der Waals surface area contributed by atoms with E-state index in [4.69, 9.17) is 9.47 Å². The van der Waals surface area contributed by atoms with Gasteiger partial charge in [-0.1, -0.05) is 42.8 Å². The van der Waals surface area contributed by atoms with Gasteiger partial charge in [-0.25, -0.2) is 0 Å². The quantitative estimate of drug-likeness (QED) is 0.542. The number of likely N-dealkylation sites (N-methyl/N-ethyl adjacent to an activating group) is 1. The minimum absolute atomic E-state index is 0.183. The fourth-order valence-electron chi connectivity index (χ4n) is 9.65. The van der Waals surface area contributed by atoms with Crippen molar-refractivity contribution in [3.8, 4) is 11.5 Å². The summed E-state index contributed by atoms with van der Waals surface area (Å²) in [6.45, 7) is 5.96. The fraction of sp³-hybridized carbons (Fsp3) is 0.613. The van der Waals surface area contributed by atoms with E-state index in [-0.39, 0.29) is 10.8 Å². The van der Waals surface area contributed by atoms with E-state index in [0.717, 1.165) is 17.4 Å². The second-order valence-electron chi connectivity index (χ2n) is 12.5. The normalized spacial score (nSPS) is 39.0. The van der Waals surface area contributed by atoms with Crippen molar-refractivity contribution in [1.82, 2.24) is 4.90 Å². The molecule has 4 bridgehead atoms. The van der Waals surface area contributed by atoms with Crippen molar-refractivity contribution in [2.45, 2.75) is 82.8 Å². The molecule has 2 aromatic rings. The molecule has 2 aliphatic heterocycles. The first-order chi connectivity index (χ1) is 16.4. The number of fused-ring (bicyclic) bond motifs is 2. The molecular formula is C31H39NO2. The Kier molecular flexibility index (Phi) is 4.40. The molecular weight excluding hydrogens is 418 g/mol. The van der Waals surface area contributed by atoms with E-state index >= 15 is 0 Å². The van der Waals surface area contributed by atoms with Gasteiger partial charge in [0.1, 0.15) is 6.10 Å². The van der Waals surface area contributed by atoms with Gasteiger partial charge in [0, 0.05) is 22.4 Å². The van der Waals surface area contributed by atoms with Crippen LogP contribution in [0, 0.1) is 23.7 Å². The van der Waals surface area contributed by atoms with E-state index in [0.29, 0.717) is 17.6 Å². The van der Waals surface area contributed by atoms with Gasteiger partial charge in [0.25, 0.3) is 0 Å². The van der Waals surface area contributed by atoms with Gasteiger partial charge in [0.05, 0.1) is 7.11 Å². The molecule has 3 nitrogen and oxygen atoms in total. The average Bonchev–Trinajstić information content (AvgIpc) is 3.21. The Bertz CT molecular complexity index is 1140. The van der Waals surface area contributed by atoms with Crippen LogP contribution in [-0.2, 0) is 18.3 Å². The van der Waals surface area contributed by atoms with Crippen molar-refractivity contribution >= 4 is 0 Å². The molecule has 6 aliphatic rings. The Labute approximate surface area is 204 Å². The van der Waals surface area contributed by atoms with E-state index in [1.54, 1.807) is 5.56 Å². The summed E-state index contributed by atoms with van der Waals surface area (Å²) in [6, 6.07) is 14.3. The zero-order chi connectivity index (χ0) is 23.3. The first kappa shape index (κ1) is 21.3. The summed E-state index contributed by atoms with van der Waals surface area (Å²) in [5.41, 5.74) is 6.71. The highest BCUT2D eigenvalue weighted by Gasteiger charge is 2.78. The van der Waals surface area contributed by atoms with Gasteiger partial charge >= 0.3 is 0 Å². The van der Waals surface area contributed by atoms with Crippen molar-refractivity contribution in [3.63, 3.8) is 0 Å². The predicted octanol–water partition coefficient (Wildman–Crippen LogP) is 6.09. The second-order valence-corrected chi connectivity index (χ2v) is 12.5. The Morgan fingerprint density at radius 3 is 2.71 bits per heavy atom. The lowest BCUT2D eigenvalue weighted by Gasteiger charge is -2.74. The SMILES string of the molecule is COc1ccc2c3c1O[C@H]1[C@@]4(C)CC[C@@]5(C[C@@H]4CCCc4ccc(C)cc4)C(C2)N(C)CC[C@]315. The maximum Gasteiger partial charge on any atom is 0.165 e. The molecule has 1 unspecified atom stereocenters. The summed E-state index contributed by atoms with van der Waals surface area (Å²) in [5, 5.41) is 0. The lowest BCUT2D eigenvalue weighted by atomic mass is 9.32. The van der Waals surface area contributed by atoms with E-state index in [1.165, 1.54) is 74.6 Å². The van der Waals surface area contributed by atoms with Crippen LogP contribution in [0.2, 0.25) is 0 Å². The number of ether oxygens (including phenoxy) is 2. The summed E-state index contributed by atoms with van der Waals surface area (Å²) in [4.78, 5) is 2.71.